The predicted octanol–water partition coefficient (Wildman–Crippen LogP) is 25.6. The Labute approximate surface area is 677 Å². The van der Waals surface area contributed by atoms with Crippen LogP contribution < -0.4 is 5.46 Å². The van der Waals surface area contributed by atoms with Crippen molar-refractivity contribution < 1.29 is 9.31 Å². The van der Waals surface area contributed by atoms with Crippen LogP contribution in [0.1, 0.15) is 27.7 Å². The first-order valence-corrected chi connectivity index (χ1v) is 40.7. The molecule has 19 rings (SSSR count). The molecular formula is C100H76BClN8O2S2. The van der Waals surface area contributed by atoms with Gasteiger partial charge < -0.3 is 9.31 Å². The summed E-state index contributed by atoms with van der Waals surface area (Å²) in [5.74, 6) is 3.72. The number of benzene rings is 14. The minimum atomic E-state index is -0.561. The van der Waals surface area contributed by atoms with E-state index >= 15 is 0 Å². The van der Waals surface area contributed by atoms with E-state index in [1.807, 2.05) is 176 Å². The summed E-state index contributed by atoms with van der Waals surface area (Å²) in [6, 6.07) is 121. The standard InChI is InChI=1S/C47H32N4S.C41H34BN3O2.C12H10ClNS/c1-52-44-22-12-21-43(48-44)32-25-23-31(24-26-32)36-27-37(42-30-35-17-8-9-18-39(35)40-19-10-11-20-41(40)42)29-38(28-36)47-50-45(33-13-4-2-5-14-33)49-46(51-47)34-15-6-3-7-16-34;1-40(2)41(3,4)47-42(46-40)32-24-30(36-26-29-19-11-12-20-33(29)34-21-13-14-22-35(34)36)23-31(25-32)39-44-37(27-15-7-5-8-16-27)43-38(45-39)28-17-9-6-10-18-28;1-15-12-4-2-3-11(14-12)9-5-7-10(13)8-6-9/h2-30H,1H3;5-26H,1-4H3;2-8H,1H3. The zero-order chi connectivity index (χ0) is 77.7. The molecule has 0 saturated carbocycles. The smallest absolute Gasteiger partial charge is 0.399 e. The molecule has 114 heavy (non-hydrogen) atoms. The van der Waals surface area contributed by atoms with Crippen molar-refractivity contribution in [2.24, 2.45) is 0 Å². The van der Waals surface area contributed by atoms with E-state index in [1.165, 1.54) is 43.1 Å². The molecule has 14 heteroatoms. The summed E-state index contributed by atoms with van der Waals surface area (Å²) in [5, 5.41) is 12.4. The summed E-state index contributed by atoms with van der Waals surface area (Å²) in [5.41, 5.74) is 16.2. The molecule has 0 bridgehead atoms. The van der Waals surface area contributed by atoms with Gasteiger partial charge in [-0.25, -0.2) is 39.9 Å². The normalized spacial score (nSPS) is 12.8. The number of nitrogens with zero attached hydrogens (tertiary/aromatic N) is 8. The maximum Gasteiger partial charge on any atom is 0.494 e. The number of thioether (sulfide) groups is 2. The molecule has 0 amide bonds. The maximum absolute atomic E-state index is 6.60. The Morgan fingerprint density at radius 1 is 0.254 bits per heavy atom. The van der Waals surface area contributed by atoms with Crippen molar-refractivity contribution in [3.8, 4) is 124 Å². The van der Waals surface area contributed by atoms with Crippen molar-refractivity contribution >= 4 is 90.8 Å². The summed E-state index contributed by atoms with van der Waals surface area (Å²) in [6.45, 7) is 8.33. The van der Waals surface area contributed by atoms with Gasteiger partial charge in [-0.05, 0) is 195 Å². The SMILES string of the molecule is CC1(C)OB(c2cc(-c3nc(-c4ccccc4)nc(-c4ccccc4)n3)cc(-c3cc4ccccc4c4ccccc34)c2)OC1(C)C.CSc1cccc(-c2ccc(-c3cc(-c4nc(-c5ccccc5)nc(-c5ccccc5)n4)cc(-c4cc5ccccc5c5ccccc45)c3)cc2)n1.CSc1cccc(-c2ccc(Cl)cc2)n1. The van der Waals surface area contributed by atoms with Crippen molar-refractivity contribution in [2.75, 3.05) is 12.5 Å². The minimum Gasteiger partial charge on any atom is -0.399 e. The Balaban J connectivity index is 0.000000140. The second-order valence-corrected chi connectivity index (χ2v) is 31.0. The molecule has 18 aromatic rings. The first-order chi connectivity index (χ1) is 55.7. The van der Waals surface area contributed by atoms with Crippen molar-refractivity contribution in [2.45, 2.75) is 48.9 Å². The third-order valence-corrected chi connectivity index (χ3v) is 22.5. The van der Waals surface area contributed by atoms with Gasteiger partial charge in [-0.1, -0.05) is 291 Å². The fourth-order valence-corrected chi connectivity index (χ4v) is 15.4. The van der Waals surface area contributed by atoms with Gasteiger partial charge in [-0.3, -0.25) is 0 Å². The van der Waals surface area contributed by atoms with Crippen LogP contribution in [0.2, 0.25) is 5.02 Å². The van der Waals surface area contributed by atoms with Gasteiger partial charge in [0.15, 0.2) is 34.9 Å². The van der Waals surface area contributed by atoms with Crippen molar-refractivity contribution in [1.29, 1.82) is 0 Å². The Kier molecular flexibility index (Phi) is 21.2. The van der Waals surface area contributed by atoms with Crippen molar-refractivity contribution in [3.05, 3.63) is 357 Å². The second kappa shape index (κ2) is 32.6. The van der Waals surface area contributed by atoms with E-state index in [-0.39, 0.29) is 0 Å². The van der Waals surface area contributed by atoms with Gasteiger partial charge in [-0.2, -0.15) is 0 Å². The van der Waals surface area contributed by atoms with Crippen LogP contribution in [-0.2, 0) is 9.31 Å². The Bertz CT molecular complexity index is 6410. The molecule has 4 aromatic heterocycles. The van der Waals surface area contributed by atoms with Crippen LogP contribution in [-0.4, -0.2) is 70.7 Å². The Hall–Kier alpha value is -12.6. The van der Waals surface area contributed by atoms with Crippen LogP contribution in [0, 0.1) is 0 Å². The summed E-state index contributed by atoms with van der Waals surface area (Å²) >= 11 is 9.13. The summed E-state index contributed by atoms with van der Waals surface area (Å²) in [6.07, 6.45) is 4.07. The highest BCUT2D eigenvalue weighted by Crippen LogP contribution is 2.43. The molecule has 1 aliphatic rings. The third-order valence-electron chi connectivity index (χ3n) is 21.0. The Morgan fingerprint density at radius 2 is 0.561 bits per heavy atom. The Morgan fingerprint density at radius 3 is 0.965 bits per heavy atom. The summed E-state index contributed by atoms with van der Waals surface area (Å²) < 4.78 is 13.2. The second-order valence-electron chi connectivity index (χ2n) is 28.9. The lowest BCUT2D eigenvalue weighted by atomic mass is 9.76. The number of aromatic nitrogens is 8. The van der Waals surface area contributed by atoms with Crippen LogP contribution >= 0.6 is 35.1 Å². The van der Waals surface area contributed by atoms with E-state index in [1.54, 1.807) is 23.5 Å². The van der Waals surface area contributed by atoms with E-state index in [0.717, 1.165) is 110 Å². The van der Waals surface area contributed by atoms with Gasteiger partial charge in [-0.15, -0.1) is 23.5 Å². The first-order valence-electron chi connectivity index (χ1n) is 37.9. The van der Waals surface area contributed by atoms with Crippen molar-refractivity contribution in [3.63, 3.8) is 0 Å². The summed E-state index contributed by atoms with van der Waals surface area (Å²) in [7, 11) is -0.561. The van der Waals surface area contributed by atoms with Crippen LogP contribution in [0.15, 0.2) is 362 Å². The van der Waals surface area contributed by atoms with Crippen LogP contribution in [0.4, 0.5) is 0 Å². The zero-order valence-electron chi connectivity index (χ0n) is 63.7. The topological polar surface area (TPSA) is 122 Å². The molecule has 0 aliphatic carbocycles. The van der Waals surface area contributed by atoms with Crippen molar-refractivity contribution in [1.82, 2.24) is 39.9 Å². The predicted molar refractivity (Wildman–Crippen MR) is 476 cm³/mol. The minimum absolute atomic E-state index is 0.488. The number of halogens is 1. The van der Waals surface area contributed by atoms with E-state index in [9.17, 15) is 0 Å². The highest BCUT2D eigenvalue weighted by molar-refractivity contribution is 7.98. The molecule has 0 N–H and O–H groups in total. The van der Waals surface area contributed by atoms with Gasteiger partial charge in [0, 0.05) is 49.5 Å². The molecule has 0 spiro atoms. The molecule has 1 aliphatic heterocycles. The quantitative estimate of drug-likeness (QED) is 0.0585. The molecule has 5 heterocycles. The number of hydrogen-bond donors (Lipinski definition) is 0. The zero-order valence-corrected chi connectivity index (χ0v) is 66.0. The number of hydrogen-bond acceptors (Lipinski definition) is 12. The van der Waals surface area contributed by atoms with Crippen LogP contribution in [0.3, 0.4) is 0 Å². The fourth-order valence-electron chi connectivity index (χ4n) is 14.4. The summed E-state index contributed by atoms with van der Waals surface area (Å²) in [4.78, 5) is 39.6. The maximum atomic E-state index is 6.60. The lowest BCUT2D eigenvalue weighted by Gasteiger charge is -2.32. The number of pyridine rings is 2. The monoisotopic (exact) mass is 1530 g/mol. The molecule has 0 atom stereocenters. The van der Waals surface area contributed by atoms with Gasteiger partial charge >= 0.3 is 7.12 Å². The van der Waals surface area contributed by atoms with Gasteiger partial charge in [0.05, 0.1) is 32.6 Å². The molecule has 1 fully saturated rings. The lowest BCUT2D eigenvalue weighted by molar-refractivity contribution is 0.00578. The van der Waals surface area contributed by atoms with Gasteiger partial charge in [0.2, 0.25) is 0 Å². The largest absolute Gasteiger partial charge is 0.494 e. The van der Waals surface area contributed by atoms with Gasteiger partial charge in [0.25, 0.3) is 0 Å². The van der Waals surface area contributed by atoms with Crippen LogP contribution in [0.25, 0.3) is 167 Å². The van der Waals surface area contributed by atoms with E-state index in [2.05, 4.69) is 221 Å². The van der Waals surface area contributed by atoms with E-state index < -0.39 is 18.3 Å². The highest BCUT2D eigenvalue weighted by atomic mass is 35.5. The highest BCUT2D eigenvalue weighted by Gasteiger charge is 2.52. The molecule has 10 nitrogen and oxygen atoms in total. The molecule has 550 valence electrons. The molecule has 14 aromatic carbocycles. The molecule has 0 radical (unpaired) electrons. The lowest BCUT2D eigenvalue weighted by Crippen LogP contribution is -2.41. The number of fused-ring (bicyclic) bond motifs is 6. The number of rotatable bonds is 14. The molecular weight excluding hydrogens is 1460 g/mol. The van der Waals surface area contributed by atoms with Gasteiger partial charge in [0.1, 0.15) is 0 Å². The average molecular weight is 1530 g/mol. The average Bonchev–Trinajstić information content (AvgIpc) is 1.13. The van der Waals surface area contributed by atoms with Crippen LogP contribution in [0.5, 0.6) is 0 Å². The fraction of sp³-hybridized carbons (Fsp3) is 0.0800. The third kappa shape index (κ3) is 15.9. The molecule has 0 unspecified atom stereocenters. The molecule has 1 saturated heterocycles. The van der Waals surface area contributed by atoms with E-state index in [4.69, 9.17) is 55.8 Å². The van der Waals surface area contributed by atoms with E-state index in [0.29, 0.717) is 34.9 Å². The first kappa shape index (κ1) is 74.2.